The molecule has 0 fully saturated rings. The zero-order chi connectivity index (χ0) is 92.5. The number of alkyl carbamates (subject to hydrolysis) is 2. The van der Waals surface area contributed by atoms with Crippen molar-refractivity contribution in [3.05, 3.63) is 204 Å². The molecule has 38 heteroatoms. The normalized spacial score (nSPS) is 14.0. The number of nitrogens with one attached hydrogen (secondary N) is 6. The van der Waals surface area contributed by atoms with Crippen LogP contribution in [0.4, 0.5) is 9.59 Å². The number of likely N-dealkylation sites (N-methyl/N-ethyl adjacent to an activating group) is 1. The molecule has 127 heavy (non-hydrogen) atoms. The van der Waals surface area contributed by atoms with Crippen LogP contribution in [0.3, 0.4) is 0 Å². The highest BCUT2D eigenvalue weighted by atomic mass is 32.1. The van der Waals surface area contributed by atoms with Gasteiger partial charge in [0, 0.05) is 111 Å². The molecule has 4 bridgehead atoms. The number of guanidine groups is 1. The molecule has 2 aromatic heterocycles. The van der Waals surface area contributed by atoms with E-state index < -0.39 is 117 Å². The number of hydrogen-bond donors (Lipinski definition) is 13. The number of nitrogens with two attached hydrogens (primary N) is 5. The Morgan fingerprint density at radius 3 is 1.73 bits per heavy atom. The molecule has 35 nitrogen and oxygen atoms in total. The van der Waals surface area contributed by atoms with Gasteiger partial charge >= 0.3 is 24.1 Å². The van der Waals surface area contributed by atoms with Gasteiger partial charge in [-0.2, -0.15) is 50.8 Å². The number of fused-ring (bicyclic) bond motifs is 5. The highest BCUT2D eigenvalue weighted by Crippen LogP contribution is 2.41. The summed E-state index contributed by atoms with van der Waals surface area (Å²) in [6.45, 7) is 27.1. The molecule has 8 rings (SSSR count). The van der Waals surface area contributed by atoms with Crippen molar-refractivity contribution in [2.45, 2.75) is 137 Å². The van der Waals surface area contributed by atoms with Crippen molar-refractivity contribution >= 4 is 129 Å². The Morgan fingerprint density at radius 2 is 1.25 bits per heavy atom. The second kappa shape index (κ2) is 52.1. The molecule has 3 heterocycles. The molecule has 7 aromatic rings. The number of hydrogen-bond acceptors (Lipinski definition) is 26. The average Bonchev–Trinajstić information content (AvgIpc) is 0.922. The molecule has 0 radical (unpaired) electrons. The van der Waals surface area contributed by atoms with Crippen LogP contribution < -0.4 is 59.4 Å². The number of ketones is 5. The molecule has 5 aromatic carbocycles. The van der Waals surface area contributed by atoms with Gasteiger partial charge in [0.1, 0.15) is 65.4 Å². The van der Waals surface area contributed by atoms with Gasteiger partial charge in [0.25, 0.3) is 0 Å². The number of rotatable bonds is 32. The van der Waals surface area contributed by atoms with E-state index in [9.17, 15) is 63.1 Å². The molecule has 684 valence electrons. The van der Waals surface area contributed by atoms with Gasteiger partial charge in [0.15, 0.2) is 29.1 Å². The van der Waals surface area contributed by atoms with Crippen molar-refractivity contribution in [1.29, 1.82) is 16.1 Å². The van der Waals surface area contributed by atoms with E-state index in [2.05, 4.69) is 75.3 Å². The SMILES string of the molecule is C=C(NC(=O)OC(C)(C)C)n1cccn1.C=C(NC[C@H](C(=N)C(=O)c1ccccc1)C(=O)O)NC(=O)OC(C)(C)C.Cc1nc(-c2ccc(C(C)(C)C)cc2)ncc1C(=O)C[C@@H](CN=C(N)N)C(=O)N(C)[C@@H]1C(=O)C[C@@H](C)C(=O)N[C@H](C(=O)CCC#N)Cc2ccc(OCCN)c(c2)-c2cc1ccc2OCCN.N=C(C(=O)c1ccccc1)[C@@H](CN)C(=O)O.S.S.S. The summed E-state index contributed by atoms with van der Waals surface area (Å²) in [7, 11) is 1.44. The molecule has 18 N–H and O–H groups in total. The number of carbonyl (C=O) groups excluding carboxylic acids is 9. The van der Waals surface area contributed by atoms with Gasteiger partial charge in [0.05, 0.1) is 47.3 Å². The monoisotopic (exact) mass is 1810 g/mol. The molecule has 0 spiro atoms. The number of benzene rings is 5. The van der Waals surface area contributed by atoms with Crippen LogP contribution in [-0.4, -0.2) is 187 Å². The summed E-state index contributed by atoms with van der Waals surface area (Å²) in [5.74, 6) is -9.85. The summed E-state index contributed by atoms with van der Waals surface area (Å²) in [6, 6.07) is 35.7. The molecule has 1 aliphatic rings. The molecule has 0 unspecified atom stereocenters. The predicted molar refractivity (Wildman–Crippen MR) is 498 cm³/mol. The summed E-state index contributed by atoms with van der Waals surface area (Å²) < 4.78 is 23.8. The fraction of sp³-hybridized carbons (Fsp3) is 0.371. The zero-order valence-corrected chi connectivity index (χ0v) is 76.3. The molecule has 0 saturated heterocycles. The Morgan fingerprint density at radius 1 is 0.724 bits per heavy atom. The number of Topliss-reactive ketones (excluding diaryl/α,β-unsaturated/α-hetero) is 5. The van der Waals surface area contributed by atoms with Crippen LogP contribution in [0.15, 0.2) is 170 Å². The summed E-state index contributed by atoms with van der Waals surface area (Å²) in [4.78, 5) is 155. The topological polar surface area (TPSA) is 574 Å². The minimum Gasteiger partial charge on any atom is -0.492 e. The first-order chi connectivity index (χ1) is 58.3. The first-order valence-electron chi connectivity index (χ1n) is 39.4. The second-order valence-electron chi connectivity index (χ2n) is 31.5. The van der Waals surface area contributed by atoms with Gasteiger partial charge in [-0.15, -0.1) is 0 Å². The molecule has 4 amide bonds. The van der Waals surface area contributed by atoms with Crippen LogP contribution >= 0.6 is 40.5 Å². The van der Waals surface area contributed by atoms with Crippen LogP contribution in [0.2, 0.25) is 0 Å². The van der Waals surface area contributed by atoms with E-state index in [0.717, 1.165) is 11.1 Å². The van der Waals surface area contributed by atoms with Gasteiger partial charge in [-0.1, -0.05) is 138 Å². The lowest BCUT2D eigenvalue weighted by Crippen LogP contribution is -2.46. The Kier molecular flexibility index (Phi) is 45.2. The summed E-state index contributed by atoms with van der Waals surface area (Å²) in [5, 5.41) is 56.9. The largest absolute Gasteiger partial charge is 0.492 e. The van der Waals surface area contributed by atoms with E-state index in [-0.39, 0.29) is 153 Å². The maximum atomic E-state index is 14.9. The van der Waals surface area contributed by atoms with Crippen molar-refractivity contribution in [3.63, 3.8) is 0 Å². The second-order valence-corrected chi connectivity index (χ2v) is 31.5. The van der Waals surface area contributed by atoms with Crippen molar-refractivity contribution in [3.8, 4) is 40.1 Å². The number of aliphatic carboxylic acids is 2. The third-order valence-corrected chi connectivity index (χ3v) is 18.3. The van der Waals surface area contributed by atoms with E-state index in [1.165, 1.54) is 47.1 Å². The maximum Gasteiger partial charge on any atom is 0.413 e. The smallest absolute Gasteiger partial charge is 0.413 e. The molecule has 1 aliphatic heterocycles. The lowest BCUT2D eigenvalue weighted by Gasteiger charge is -2.32. The first kappa shape index (κ1) is 110. The van der Waals surface area contributed by atoms with Gasteiger partial charge < -0.3 is 84.2 Å². The molecule has 6 atom stereocenters. The standard InChI is InChI=1S/C50H62N10O7.C18H23N3O5.C11H12N2O3.C10H15N3O2.3H2S/c1-29-22-42(63)45(60(6)48(65)34(27-57-49(54)55)26-41(62)38-28-56-46(58-30(38)2)32-10-13-35(14-11-32)50(3,4)5)33-12-16-44(67-21-19-53)37(25-33)36-23-31(9-15-43(36)66-20-18-52)24-39(59-47(29)64)40(61)8-7-17-51;1-11(21-17(25)26-18(2,3)4)20-10-13(16(23)24)14(19)15(22)12-8-6-5-7-9-12;12-6-8(11(15)16)9(13)10(14)7-4-2-1-3-5-7;1-8(13-7-5-6-11-13)12-9(14)15-10(2,3)4;;;/h9-16,23,25,28-29,34,39,45H,7-8,18-22,24,26-27,52-53H2,1-6H3,(H,59,64)(H4,54,55,57);5-9,13,19-20H,1,10H2,2-4H3,(H,21,25)(H,23,24);1-5,8,13H,6,12H2,(H,15,16);5-7H,1H2,2-4H3,(H,12,14);3*1H2/t29-,34+,39+,45+;13-;8-;;;;/m111..../s1. The van der Waals surface area contributed by atoms with E-state index in [1.54, 1.807) is 147 Å². The van der Waals surface area contributed by atoms with E-state index in [4.69, 9.17) is 63.5 Å². The zero-order valence-electron chi connectivity index (χ0n) is 73.3. The third kappa shape index (κ3) is 35.2. The highest BCUT2D eigenvalue weighted by Gasteiger charge is 2.38. The molecular formula is C89H118N18O17S3. The number of amides is 4. The van der Waals surface area contributed by atoms with Crippen LogP contribution in [-0.2, 0) is 50.1 Å². The lowest BCUT2D eigenvalue weighted by molar-refractivity contribution is -0.142. The number of nitriles is 1. The predicted octanol–water partition coefficient (Wildman–Crippen LogP) is 9.16. The van der Waals surface area contributed by atoms with Gasteiger partial charge in [-0.05, 0) is 107 Å². The number of aliphatic imine (C=N–C) groups is 1. The van der Waals surface area contributed by atoms with Crippen molar-refractivity contribution in [2.75, 3.05) is 53.0 Å². The lowest BCUT2D eigenvalue weighted by atomic mass is 9.86. The van der Waals surface area contributed by atoms with E-state index in [0.29, 0.717) is 56.7 Å². The number of ether oxygens (including phenoxy) is 4. The summed E-state index contributed by atoms with van der Waals surface area (Å²) >= 11 is 0. The number of aryl methyl sites for hydroxylation is 1. The fourth-order valence-electron chi connectivity index (χ4n) is 12.0. The van der Waals surface area contributed by atoms with Crippen molar-refractivity contribution < 1.29 is 81.9 Å². The third-order valence-electron chi connectivity index (χ3n) is 18.3. The Hall–Kier alpha value is -12.9. The molecule has 0 aliphatic carbocycles. The number of carboxylic acids is 2. The Bertz CT molecular complexity index is 5070. The summed E-state index contributed by atoms with van der Waals surface area (Å²) in [5.41, 5.74) is 31.2. The number of carbonyl (C=O) groups is 11. The average molecular weight is 1810 g/mol. The number of nitrogens with zero attached hydrogens (tertiary/aromatic N) is 7. The van der Waals surface area contributed by atoms with Crippen molar-refractivity contribution in [1.82, 2.24) is 45.9 Å². The van der Waals surface area contributed by atoms with Crippen LogP contribution in [0.5, 0.6) is 11.5 Å². The first-order valence-corrected chi connectivity index (χ1v) is 39.4. The summed E-state index contributed by atoms with van der Waals surface area (Å²) in [6.07, 6.45) is 2.66. The number of carboxylic acid groups (broad SMARTS) is 2. The Labute approximate surface area is 759 Å². The maximum absolute atomic E-state index is 14.9. The highest BCUT2D eigenvalue weighted by molar-refractivity contribution is 7.59. The van der Waals surface area contributed by atoms with Crippen LogP contribution in [0, 0.1) is 52.7 Å². The van der Waals surface area contributed by atoms with Crippen LogP contribution in [0.1, 0.15) is 154 Å². The Balaban J connectivity index is 0.000000733. The number of aromatic nitrogens is 4. The quantitative estimate of drug-likeness (QED) is 0.0106. The molecular weight excluding hydrogens is 1690 g/mol. The van der Waals surface area contributed by atoms with Gasteiger partial charge in [-0.3, -0.25) is 58.8 Å². The van der Waals surface area contributed by atoms with E-state index in [1.807, 2.05) is 30.3 Å². The minimum absolute atomic E-state index is 0. The van der Waals surface area contributed by atoms with Crippen LogP contribution in [0.25, 0.3) is 28.3 Å². The van der Waals surface area contributed by atoms with Gasteiger partial charge in [-0.25, -0.2) is 24.2 Å². The van der Waals surface area contributed by atoms with Crippen molar-refractivity contribution in [2.24, 2.45) is 57.3 Å². The fourth-order valence-corrected chi connectivity index (χ4v) is 12.0. The molecule has 0 saturated carbocycles. The minimum atomic E-state index is -1.40. The van der Waals surface area contributed by atoms with E-state index >= 15 is 0 Å². The van der Waals surface area contributed by atoms with Gasteiger partial charge in [0.2, 0.25) is 23.4 Å².